The Kier molecular flexibility index (Phi) is 1.20. The van der Waals surface area contributed by atoms with E-state index in [9.17, 15) is 4.79 Å². The number of hydrogen-bond donors (Lipinski definition) is 0. The van der Waals surface area contributed by atoms with Crippen LogP contribution in [0.15, 0.2) is 35.4 Å². The first-order valence-corrected chi connectivity index (χ1v) is 3.94. The summed E-state index contributed by atoms with van der Waals surface area (Å²) < 4.78 is 21.6. The van der Waals surface area contributed by atoms with Gasteiger partial charge in [0.15, 0.2) is 0 Å². The van der Waals surface area contributed by atoms with Crippen LogP contribution in [-0.4, -0.2) is 11.6 Å². The largest absolute Gasteiger partial charge is 0.272 e. The van der Waals surface area contributed by atoms with Gasteiger partial charge in [-0.1, -0.05) is 18.2 Å². The van der Waals surface area contributed by atoms with Gasteiger partial charge in [0, 0.05) is 9.82 Å². The molecule has 0 N–H and O–H groups in total. The average molecular weight is 177 g/mol. The van der Waals surface area contributed by atoms with E-state index in [2.05, 4.69) is 5.10 Å². The van der Waals surface area contributed by atoms with Gasteiger partial charge < -0.3 is 0 Å². The quantitative estimate of drug-likeness (QED) is 0.643. The van der Waals surface area contributed by atoms with Crippen LogP contribution in [0, 0.1) is 0 Å². The highest BCUT2D eigenvalue weighted by Gasteiger charge is 2.21. The van der Waals surface area contributed by atoms with E-state index >= 15 is 0 Å². The average Bonchev–Trinajstić information content (AvgIpc) is 2.61. The van der Waals surface area contributed by atoms with Crippen molar-refractivity contribution in [2.45, 2.75) is 13.3 Å². The topological polar surface area (TPSA) is 32.7 Å². The monoisotopic (exact) mass is 177 g/mol. The van der Waals surface area contributed by atoms with E-state index in [0.29, 0.717) is 5.69 Å². The molecule has 1 aliphatic rings. The van der Waals surface area contributed by atoms with Crippen molar-refractivity contribution in [3.63, 3.8) is 0 Å². The van der Waals surface area contributed by atoms with Gasteiger partial charge in [-0.25, -0.2) is 5.01 Å². The smallest absolute Gasteiger partial charge is 0.253 e. The lowest BCUT2D eigenvalue weighted by molar-refractivity contribution is -0.116. The molecular weight excluding hydrogens is 164 g/mol. The maximum absolute atomic E-state index is 11.6. The van der Waals surface area contributed by atoms with Crippen molar-refractivity contribution in [3.8, 4) is 0 Å². The third kappa shape index (κ3) is 1.45. The molecule has 3 heteroatoms. The molecule has 13 heavy (non-hydrogen) atoms. The van der Waals surface area contributed by atoms with Crippen LogP contribution >= 0.6 is 0 Å². The standard InChI is InChI=1S/C10H10N2O/c1-8-7-10(13)12(11-8)9-5-3-2-4-6-9/h2-6H,7H2,1H3/i1D3. The minimum atomic E-state index is -2.29. The van der Waals surface area contributed by atoms with Gasteiger partial charge in [-0.15, -0.1) is 0 Å². The maximum atomic E-state index is 11.6. The van der Waals surface area contributed by atoms with Crippen LogP contribution in [0.1, 0.15) is 17.4 Å². The van der Waals surface area contributed by atoms with E-state index in [1.54, 1.807) is 24.3 Å². The molecule has 1 aromatic rings. The van der Waals surface area contributed by atoms with E-state index in [1.165, 1.54) is 0 Å². The minimum absolute atomic E-state index is 0.0543. The molecule has 0 unspecified atom stereocenters. The number of hydrazone groups is 1. The van der Waals surface area contributed by atoms with Gasteiger partial charge in [0.2, 0.25) is 0 Å². The number of anilines is 1. The van der Waals surface area contributed by atoms with Crippen LogP contribution in [0.2, 0.25) is 0 Å². The van der Waals surface area contributed by atoms with Crippen molar-refractivity contribution >= 4 is 17.3 Å². The van der Waals surface area contributed by atoms with Crippen LogP contribution in [0.3, 0.4) is 0 Å². The summed E-state index contributed by atoms with van der Waals surface area (Å²) in [6.07, 6.45) is -0.134. The highest BCUT2D eigenvalue weighted by atomic mass is 16.2. The zero-order chi connectivity index (χ0) is 11.8. The molecule has 1 aliphatic heterocycles. The Bertz CT molecular complexity index is 439. The van der Waals surface area contributed by atoms with Gasteiger partial charge >= 0.3 is 0 Å². The summed E-state index contributed by atoms with van der Waals surface area (Å²) in [5.74, 6) is -0.308. The second-order valence-corrected chi connectivity index (χ2v) is 2.76. The molecule has 0 atom stereocenters. The van der Waals surface area contributed by atoms with Crippen molar-refractivity contribution in [3.05, 3.63) is 30.3 Å². The van der Waals surface area contributed by atoms with Gasteiger partial charge in [0.25, 0.3) is 5.91 Å². The molecule has 0 bridgehead atoms. The van der Waals surface area contributed by atoms with Gasteiger partial charge in [-0.2, -0.15) is 5.10 Å². The molecule has 3 nitrogen and oxygen atoms in total. The second-order valence-electron chi connectivity index (χ2n) is 2.76. The normalized spacial score (nSPS) is 20.6. The fourth-order valence-electron chi connectivity index (χ4n) is 1.20. The van der Waals surface area contributed by atoms with Crippen LogP contribution < -0.4 is 5.01 Å². The summed E-state index contributed by atoms with van der Waals surface area (Å²) in [6, 6.07) is 8.78. The van der Waals surface area contributed by atoms with Crippen LogP contribution in [0.4, 0.5) is 5.69 Å². The summed E-state index contributed by atoms with van der Waals surface area (Å²) in [6.45, 7) is -2.29. The molecule has 1 amide bonds. The number of carbonyl (C=O) groups excluding carboxylic acids is 1. The molecule has 0 saturated heterocycles. The van der Waals surface area contributed by atoms with E-state index in [1.807, 2.05) is 6.07 Å². The first kappa shape index (κ1) is 5.17. The Morgan fingerprint density at radius 1 is 1.46 bits per heavy atom. The zero-order valence-electron chi connectivity index (χ0n) is 9.90. The second kappa shape index (κ2) is 3.01. The van der Waals surface area contributed by atoms with Gasteiger partial charge in [-0.3, -0.25) is 4.79 Å². The summed E-state index contributed by atoms with van der Waals surface area (Å²) in [7, 11) is 0. The Labute approximate surface area is 80.9 Å². The molecule has 66 valence electrons. The fourth-order valence-corrected chi connectivity index (χ4v) is 1.20. The van der Waals surface area contributed by atoms with Crippen LogP contribution in [0.5, 0.6) is 0 Å². The molecule has 0 aliphatic carbocycles. The molecule has 0 fully saturated rings. The molecule has 0 aromatic heterocycles. The van der Waals surface area contributed by atoms with Crippen molar-refractivity contribution in [2.24, 2.45) is 5.10 Å². The Balaban J connectivity index is 2.31. The summed E-state index contributed by atoms with van der Waals surface area (Å²) in [4.78, 5) is 11.6. The number of nitrogens with zero attached hydrogens (tertiary/aromatic N) is 2. The Morgan fingerprint density at radius 3 is 2.85 bits per heavy atom. The lowest BCUT2D eigenvalue weighted by atomic mass is 10.3. The maximum Gasteiger partial charge on any atom is 0.253 e. The van der Waals surface area contributed by atoms with Crippen molar-refractivity contribution in [1.29, 1.82) is 0 Å². The minimum Gasteiger partial charge on any atom is -0.272 e. The fraction of sp³-hybridized carbons (Fsp3) is 0.200. The van der Waals surface area contributed by atoms with E-state index in [-0.39, 0.29) is 18.0 Å². The SMILES string of the molecule is [2H]C([2H])([2H])C1=NN(c2ccccc2)C(=O)C1. The van der Waals surface area contributed by atoms with E-state index in [0.717, 1.165) is 5.01 Å². The zero-order valence-corrected chi connectivity index (χ0v) is 6.90. The number of carbonyl (C=O) groups is 1. The number of rotatable bonds is 1. The summed E-state index contributed by atoms with van der Waals surface area (Å²) >= 11 is 0. The number of amides is 1. The van der Waals surface area contributed by atoms with Gasteiger partial charge in [0.1, 0.15) is 0 Å². The number of hydrogen-bond acceptors (Lipinski definition) is 2. The summed E-state index contributed by atoms with van der Waals surface area (Å²) in [5.41, 5.74) is 0.535. The molecule has 2 rings (SSSR count). The summed E-state index contributed by atoms with van der Waals surface area (Å²) in [5, 5.41) is 4.99. The predicted octanol–water partition coefficient (Wildman–Crippen LogP) is 1.80. The van der Waals surface area contributed by atoms with E-state index in [4.69, 9.17) is 4.11 Å². The molecule has 1 heterocycles. The van der Waals surface area contributed by atoms with Gasteiger partial charge in [-0.05, 0) is 19.0 Å². The third-order valence-electron chi connectivity index (χ3n) is 1.78. The number of para-hydroxylation sites is 1. The van der Waals surface area contributed by atoms with Gasteiger partial charge in [0.05, 0.1) is 12.1 Å². The van der Waals surface area contributed by atoms with Crippen molar-refractivity contribution in [2.75, 3.05) is 5.01 Å². The highest BCUT2D eigenvalue weighted by Crippen LogP contribution is 2.19. The van der Waals surface area contributed by atoms with Crippen LogP contribution in [-0.2, 0) is 4.79 Å². The predicted molar refractivity (Wildman–Crippen MR) is 51.7 cm³/mol. The molecular formula is C10H10N2O. The Morgan fingerprint density at radius 2 is 2.23 bits per heavy atom. The van der Waals surface area contributed by atoms with Crippen molar-refractivity contribution < 1.29 is 8.91 Å². The van der Waals surface area contributed by atoms with E-state index < -0.39 is 6.85 Å². The first-order valence-electron chi connectivity index (χ1n) is 5.44. The highest BCUT2D eigenvalue weighted by molar-refractivity contribution is 6.12. The Hall–Kier alpha value is -1.64. The lowest BCUT2D eigenvalue weighted by Crippen LogP contribution is -2.19. The van der Waals surface area contributed by atoms with Crippen molar-refractivity contribution in [1.82, 2.24) is 0 Å². The first-order chi connectivity index (χ1) is 7.48. The molecule has 0 spiro atoms. The molecule has 0 radical (unpaired) electrons. The third-order valence-corrected chi connectivity index (χ3v) is 1.78. The lowest BCUT2D eigenvalue weighted by Gasteiger charge is -2.10. The number of benzene rings is 1. The molecule has 1 aromatic carbocycles. The van der Waals surface area contributed by atoms with Crippen LogP contribution in [0.25, 0.3) is 0 Å². The molecule has 0 saturated carbocycles.